The minimum absolute atomic E-state index is 0.0171. The van der Waals surface area contributed by atoms with E-state index in [-0.39, 0.29) is 10.8 Å². The van der Waals surface area contributed by atoms with Crippen molar-refractivity contribution in [2.45, 2.75) is 37.7 Å². The van der Waals surface area contributed by atoms with Gasteiger partial charge in [0.25, 0.3) is 0 Å². The fourth-order valence-electron chi connectivity index (χ4n) is 2.50. The number of sulfonamides is 1. The number of nitrogens with zero attached hydrogens (tertiary/aromatic N) is 2. The van der Waals surface area contributed by atoms with Crippen LogP contribution in [0.3, 0.4) is 0 Å². The minimum atomic E-state index is -3.73. The lowest BCUT2D eigenvalue weighted by Crippen LogP contribution is -2.39. The molecule has 26 heavy (non-hydrogen) atoms. The second-order valence-corrected chi connectivity index (χ2v) is 8.71. The number of methoxy groups -OCH3 is 1. The van der Waals surface area contributed by atoms with Crippen molar-refractivity contribution in [2.24, 2.45) is 0 Å². The summed E-state index contributed by atoms with van der Waals surface area (Å²) in [5.41, 5.74) is 0.853. The first-order valence-electron chi connectivity index (χ1n) is 8.22. The van der Waals surface area contributed by atoms with Crippen molar-refractivity contribution in [2.75, 3.05) is 27.2 Å². The van der Waals surface area contributed by atoms with Crippen LogP contribution in [0.25, 0.3) is 5.57 Å². The summed E-state index contributed by atoms with van der Waals surface area (Å²) in [6.07, 6.45) is 3.76. The molecule has 0 aliphatic carbocycles. The Morgan fingerprint density at radius 2 is 2.04 bits per heavy atom. The first-order chi connectivity index (χ1) is 12.1. The predicted octanol–water partition coefficient (Wildman–Crippen LogP) is 2.02. The van der Waals surface area contributed by atoms with Gasteiger partial charge >= 0.3 is 6.09 Å². The van der Waals surface area contributed by atoms with Gasteiger partial charge < -0.3 is 14.4 Å². The highest BCUT2D eigenvalue weighted by molar-refractivity contribution is 7.89. The third kappa shape index (κ3) is 4.73. The minimum Gasteiger partial charge on any atom is -0.480 e. The number of hydrogen-bond donors (Lipinski definition) is 1. The second kappa shape index (κ2) is 7.63. The topological polar surface area (TPSA) is 97.8 Å². The Balaban J connectivity index is 2.30. The van der Waals surface area contributed by atoms with Crippen molar-refractivity contribution in [3.63, 3.8) is 0 Å². The second-order valence-electron chi connectivity index (χ2n) is 6.86. The maximum Gasteiger partial charge on any atom is 0.410 e. The molecule has 0 bridgehead atoms. The van der Waals surface area contributed by atoms with E-state index in [4.69, 9.17) is 9.47 Å². The summed E-state index contributed by atoms with van der Waals surface area (Å²) >= 11 is 0. The first kappa shape index (κ1) is 20.2. The average Bonchev–Trinajstić information content (AvgIpc) is 2.59. The lowest BCUT2D eigenvalue weighted by atomic mass is 10.0. The van der Waals surface area contributed by atoms with Gasteiger partial charge in [-0.15, -0.1) is 0 Å². The van der Waals surface area contributed by atoms with Crippen LogP contribution in [-0.4, -0.2) is 57.2 Å². The molecule has 0 aromatic carbocycles. The number of amides is 1. The van der Waals surface area contributed by atoms with Gasteiger partial charge in [0.2, 0.25) is 15.9 Å². The summed E-state index contributed by atoms with van der Waals surface area (Å²) < 4.78 is 37.2. The predicted molar refractivity (Wildman–Crippen MR) is 97.4 cm³/mol. The number of carbonyl (C=O) groups is 1. The normalized spacial score (nSPS) is 15.4. The Hall–Kier alpha value is -2.13. The number of hydrogen-bond acceptors (Lipinski definition) is 6. The molecule has 0 spiro atoms. The van der Waals surface area contributed by atoms with Crippen LogP contribution >= 0.6 is 0 Å². The van der Waals surface area contributed by atoms with Crippen molar-refractivity contribution >= 4 is 21.7 Å². The molecule has 0 unspecified atom stereocenters. The van der Waals surface area contributed by atoms with Crippen LogP contribution in [0, 0.1) is 0 Å². The number of pyridine rings is 1. The highest BCUT2D eigenvalue weighted by Gasteiger charge is 2.26. The molecule has 0 saturated carbocycles. The molecule has 9 heteroatoms. The molecule has 1 amide bonds. The van der Waals surface area contributed by atoms with Gasteiger partial charge in [-0.3, -0.25) is 0 Å². The van der Waals surface area contributed by atoms with Crippen LogP contribution in [0.1, 0.15) is 32.8 Å². The molecule has 1 aliphatic heterocycles. The molecule has 0 saturated heterocycles. The highest BCUT2D eigenvalue weighted by Crippen LogP contribution is 2.28. The van der Waals surface area contributed by atoms with Gasteiger partial charge in [0.1, 0.15) is 10.5 Å². The lowest BCUT2D eigenvalue weighted by molar-refractivity contribution is 0.0273. The number of carbonyl (C=O) groups excluding carboxylic acids is 1. The van der Waals surface area contributed by atoms with Crippen LogP contribution in [0.15, 0.2) is 23.2 Å². The molecule has 2 heterocycles. The number of ether oxygens (including phenoxy) is 2. The molecule has 1 aromatic heterocycles. The van der Waals surface area contributed by atoms with Crippen LogP contribution in [0.4, 0.5) is 4.79 Å². The summed E-state index contributed by atoms with van der Waals surface area (Å²) in [6, 6.07) is 1.50. The van der Waals surface area contributed by atoms with E-state index in [1.807, 2.05) is 26.8 Å². The number of rotatable bonds is 4. The highest BCUT2D eigenvalue weighted by atomic mass is 32.2. The van der Waals surface area contributed by atoms with E-state index >= 15 is 0 Å². The zero-order chi connectivity index (χ0) is 19.5. The maximum atomic E-state index is 12.3. The van der Waals surface area contributed by atoms with Crippen LogP contribution in [-0.2, 0) is 14.8 Å². The van der Waals surface area contributed by atoms with Gasteiger partial charge in [0.05, 0.1) is 7.11 Å². The quantitative estimate of drug-likeness (QED) is 0.854. The van der Waals surface area contributed by atoms with E-state index in [0.717, 1.165) is 5.57 Å². The molecule has 8 nitrogen and oxygen atoms in total. The van der Waals surface area contributed by atoms with Gasteiger partial charge in [0.15, 0.2) is 0 Å². The van der Waals surface area contributed by atoms with Gasteiger partial charge in [0, 0.05) is 19.3 Å². The van der Waals surface area contributed by atoms with Gasteiger partial charge in [-0.05, 0) is 51.4 Å². The van der Waals surface area contributed by atoms with E-state index in [1.165, 1.54) is 26.4 Å². The smallest absolute Gasteiger partial charge is 0.410 e. The molecular weight excluding hydrogens is 358 g/mol. The van der Waals surface area contributed by atoms with Crippen molar-refractivity contribution in [3.05, 3.63) is 23.9 Å². The lowest BCUT2D eigenvalue weighted by Gasteiger charge is -2.30. The Bertz CT molecular complexity index is 812. The van der Waals surface area contributed by atoms with Crippen LogP contribution in [0.2, 0.25) is 0 Å². The number of nitrogens with one attached hydrogen (secondary N) is 1. The van der Waals surface area contributed by atoms with Crippen molar-refractivity contribution in [3.8, 4) is 5.88 Å². The zero-order valence-corrected chi connectivity index (χ0v) is 16.5. The van der Waals surface area contributed by atoms with Crippen LogP contribution in [0.5, 0.6) is 5.88 Å². The summed E-state index contributed by atoms with van der Waals surface area (Å²) in [4.78, 5) is 17.9. The third-order valence-electron chi connectivity index (χ3n) is 3.74. The summed E-state index contributed by atoms with van der Waals surface area (Å²) in [6.45, 7) is 6.31. The van der Waals surface area contributed by atoms with Crippen molar-refractivity contribution in [1.29, 1.82) is 0 Å². The molecule has 144 valence electrons. The fraction of sp³-hybridized carbons (Fsp3) is 0.529. The Morgan fingerprint density at radius 3 is 2.62 bits per heavy atom. The van der Waals surface area contributed by atoms with E-state index in [1.54, 1.807) is 4.90 Å². The van der Waals surface area contributed by atoms with Gasteiger partial charge in [-0.2, -0.15) is 0 Å². The zero-order valence-electron chi connectivity index (χ0n) is 15.7. The fourth-order valence-corrected chi connectivity index (χ4v) is 3.37. The van der Waals surface area contributed by atoms with E-state index in [2.05, 4.69) is 9.71 Å². The SMILES string of the molecule is CNS(=O)(=O)c1cc(C2=CCCN(C(=O)OC(C)(C)C)C2)cnc1OC. The molecule has 0 atom stereocenters. The Kier molecular flexibility index (Phi) is 5.92. The molecule has 0 fully saturated rings. The molecule has 1 aromatic rings. The van der Waals surface area contributed by atoms with Crippen molar-refractivity contribution < 1.29 is 22.7 Å². The van der Waals surface area contributed by atoms with Gasteiger partial charge in [-0.1, -0.05) is 6.08 Å². The molecule has 1 N–H and O–H groups in total. The largest absolute Gasteiger partial charge is 0.480 e. The monoisotopic (exact) mass is 383 g/mol. The maximum absolute atomic E-state index is 12.3. The van der Waals surface area contributed by atoms with E-state index < -0.39 is 21.7 Å². The van der Waals surface area contributed by atoms with Crippen LogP contribution < -0.4 is 9.46 Å². The Labute approximate surface area is 154 Å². The van der Waals surface area contributed by atoms with Gasteiger partial charge in [-0.25, -0.2) is 22.9 Å². The van der Waals surface area contributed by atoms with E-state index in [9.17, 15) is 13.2 Å². The molecule has 1 aliphatic rings. The summed E-state index contributed by atoms with van der Waals surface area (Å²) in [5, 5.41) is 0. The summed E-state index contributed by atoms with van der Waals surface area (Å²) in [7, 11) is -1.04. The van der Waals surface area contributed by atoms with Crippen molar-refractivity contribution in [1.82, 2.24) is 14.6 Å². The number of aromatic nitrogens is 1. The third-order valence-corrected chi connectivity index (χ3v) is 5.15. The summed E-state index contributed by atoms with van der Waals surface area (Å²) in [5.74, 6) is 0.0171. The first-order valence-corrected chi connectivity index (χ1v) is 9.70. The standard InChI is InChI=1S/C17H25N3O5S/c1-17(2,3)25-16(21)20-8-6-7-12(11-20)13-9-14(26(22,23)18-4)15(24-5)19-10-13/h7,9-10,18H,6,8,11H2,1-5H3. The molecular formula is C17H25N3O5S. The average molecular weight is 383 g/mol. The Morgan fingerprint density at radius 1 is 1.35 bits per heavy atom. The molecule has 2 rings (SSSR count). The molecule has 0 radical (unpaired) electrons. The van der Waals surface area contributed by atoms with E-state index in [0.29, 0.717) is 25.1 Å².